The second-order valence-corrected chi connectivity index (χ2v) is 20.7. The molecule has 2 aliphatic carbocycles. The molecule has 0 bridgehead atoms. The van der Waals surface area contributed by atoms with Gasteiger partial charge < -0.3 is 0 Å². The van der Waals surface area contributed by atoms with Crippen LogP contribution in [0.1, 0.15) is 49.9 Å². The summed E-state index contributed by atoms with van der Waals surface area (Å²) in [5.41, 5.74) is 22.1. The summed E-state index contributed by atoms with van der Waals surface area (Å²) in [5.74, 6) is 0. The average molecular weight is 857 g/mol. The Morgan fingerprint density at radius 3 is 1.63 bits per heavy atom. The van der Waals surface area contributed by atoms with E-state index in [4.69, 9.17) is 0 Å². The van der Waals surface area contributed by atoms with Crippen LogP contribution in [0.5, 0.6) is 0 Å². The Morgan fingerprint density at radius 2 is 0.871 bits per heavy atom. The molecule has 0 radical (unpaired) electrons. The first kappa shape index (κ1) is 36.0. The van der Waals surface area contributed by atoms with E-state index in [2.05, 4.69) is 220 Å². The quantitative estimate of drug-likeness (QED) is 0.155. The van der Waals surface area contributed by atoms with Gasteiger partial charge in [-0.1, -0.05) is 44.2 Å². The van der Waals surface area contributed by atoms with Crippen LogP contribution in [0.3, 0.4) is 0 Å². The monoisotopic (exact) mass is 857 g/mol. The van der Waals surface area contributed by atoms with Crippen LogP contribution >= 0.6 is 0 Å². The molecule has 0 N–H and O–H groups in total. The zero-order valence-corrected chi connectivity index (χ0v) is 37.0. The van der Waals surface area contributed by atoms with Crippen molar-refractivity contribution in [3.8, 4) is 61.3 Å². The number of hydrogen-bond donors (Lipinski definition) is 0. The van der Waals surface area contributed by atoms with E-state index >= 15 is 0 Å². The molecule has 2 aliphatic rings. The molecule has 13 rings (SSSR count). The van der Waals surface area contributed by atoms with Crippen LogP contribution in [-0.2, 0) is 10.8 Å². The minimum atomic E-state index is -0.0747. The maximum atomic E-state index is 2.48. The molecule has 0 spiro atoms. The first-order chi connectivity index (χ1) is 30.2. The van der Waals surface area contributed by atoms with Gasteiger partial charge in [-0.15, -0.1) is 0 Å². The van der Waals surface area contributed by atoms with Crippen LogP contribution < -0.4 is 0 Å². The molecule has 0 fully saturated rings. The zero-order chi connectivity index (χ0) is 41.5. The van der Waals surface area contributed by atoms with Crippen molar-refractivity contribution in [3.63, 3.8) is 0 Å². The van der Waals surface area contributed by atoms with Gasteiger partial charge in [0, 0.05) is 5.41 Å². The molecule has 0 atom stereocenters. The van der Waals surface area contributed by atoms with Crippen LogP contribution in [0.15, 0.2) is 188 Å². The number of fused-ring (bicyclic) bond motifs is 12. The molecule has 1 nitrogen and oxygen atoms in total. The van der Waals surface area contributed by atoms with Crippen molar-refractivity contribution < 1.29 is 0 Å². The van der Waals surface area contributed by atoms with Crippen LogP contribution in [0.4, 0.5) is 0 Å². The van der Waals surface area contributed by atoms with E-state index in [-0.39, 0.29) is 25.3 Å². The number of nitrogens with zero attached hydrogens (tertiary/aromatic N) is 1. The number of aromatic nitrogens is 1. The van der Waals surface area contributed by atoms with Crippen LogP contribution in [0.25, 0.3) is 102 Å². The summed E-state index contributed by atoms with van der Waals surface area (Å²) in [4.78, 5) is 0. The van der Waals surface area contributed by atoms with Crippen molar-refractivity contribution in [3.05, 3.63) is 210 Å². The van der Waals surface area contributed by atoms with Gasteiger partial charge in [-0.3, -0.25) is 0 Å². The van der Waals surface area contributed by atoms with Crippen LogP contribution in [0.2, 0.25) is 0 Å². The molecule has 62 heavy (non-hydrogen) atoms. The van der Waals surface area contributed by atoms with Gasteiger partial charge in [0.2, 0.25) is 0 Å². The predicted molar refractivity (Wildman–Crippen MR) is 264 cm³/mol. The van der Waals surface area contributed by atoms with E-state index in [0.29, 0.717) is 0 Å². The summed E-state index contributed by atoms with van der Waals surface area (Å²) < 4.78 is 5.43. The van der Waals surface area contributed by atoms with E-state index in [1.807, 2.05) is 0 Å². The van der Waals surface area contributed by atoms with Crippen molar-refractivity contribution in [2.75, 3.05) is 0 Å². The van der Waals surface area contributed by atoms with Crippen LogP contribution in [0, 0.1) is 0 Å². The van der Waals surface area contributed by atoms with Crippen molar-refractivity contribution >= 4 is 55.6 Å². The number of hydrogen-bond acceptors (Lipinski definition) is 0. The van der Waals surface area contributed by atoms with Crippen LogP contribution in [-0.4, -0.2) is 19.1 Å². The van der Waals surface area contributed by atoms with Gasteiger partial charge in [-0.05, 0) is 22.3 Å². The number of benzene rings is 9. The van der Waals surface area contributed by atoms with Gasteiger partial charge in [0.1, 0.15) is 0 Å². The van der Waals surface area contributed by atoms with Gasteiger partial charge in [0.15, 0.2) is 0 Å². The van der Waals surface area contributed by atoms with Crippen molar-refractivity contribution in [2.45, 2.75) is 38.5 Å². The van der Waals surface area contributed by atoms with Crippen molar-refractivity contribution in [1.29, 1.82) is 0 Å². The second-order valence-electron chi connectivity index (χ2n) is 18.5. The summed E-state index contributed by atoms with van der Waals surface area (Å²) in [6.07, 6.45) is 0. The Bertz CT molecular complexity index is 3700. The fourth-order valence-corrected chi connectivity index (χ4v) is 13.8. The van der Waals surface area contributed by atoms with Gasteiger partial charge >= 0.3 is 298 Å². The molecule has 0 saturated heterocycles. The fraction of sp³-hybridized carbons (Fsp3) is 0.100. The van der Waals surface area contributed by atoms with E-state index in [9.17, 15) is 0 Å². The molecule has 2 heterocycles. The summed E-state index contributed by atoms with van der Waals surface area (Å²) in [6.45, 7) is 9.50. The fourth-order valence-electron chi connectivity index (χ4n) is 11.2. The molecular formula is C60H43NSe. The van der Waals surface area contributed by atoms with E-state index in [1.165, 1.54) is 125 Å². The third-order valence-corrected chi connectivity index (χ3v) is 17.0. The third-order valence-electron chi connectivity index (χ3n) is 14.4. The molecular weight excluding hydrogens is 814 g/mol. The molecule has 0 amide bonds. The summed E-state index contributed by atoms with van der Waals surface area (Å²) in [7, 11) is 0. The molecule has 0 aliphatic heterocycles. The standard InChI is InChI=1S/C60H43NSe/c1-59(2)51-20-9-5-14-43(51)45-27-24-37(34-53(45)59)39-30-38(31-40(32-39)42-18-13-19-49-48-17-8-12-23-57(48)62-58(42)49)36-25-29-56-50(33-36)47-16-7-11-22-55(47)61(56)41-26-28-46-44-15-6-10-21-52(44)60(3,4)54(46)35-41/h5-35H,1-4H3. The molecule has 11 aromatic rings. The van der Waals surface area contributed by atoms with Crippen molar-refractivity contribution in [1.82, 2.24) is 4.57 Å². The molecule has 2 heteroatoms. The Balaban J connectivity index is 1.01. The maximum absolute atomic E-state index is 2.48. The van der Waals surface area contributed by atoms with Gasteiger partial charge in [-0.2, -0.15) is 0 Å². The second kappa shape index (κ2) is 12.9. The summed E-state index contributed by atoms with van der Waals surface area (Å²) in [5, 5.41) is 5.31. The topological polar surface area (TPSA) is 4.93 Å². The number of para-hydroxylation sites is 1. The Labute approximate surface area is 368 Å². The minimum absolute atomic E-state index is 0.0715. The third kappa shape index (κ3) is 5.03. The van der Waals surface area contributed by atoms with Gasteiger partial charge in [-0.25, -0.2) is 0 Å². The molecule has 9 aromatic carbocycles. The van der Waals surface area contributed by atoms with E-state index in [1.54, 1.807) is 0 Å². The molecule has 0 unspecified atom stereocenters. The van der Waals surface area contributed by atoms with E-state index in [0.717, 1.165) is 0 Å². The number of rotatable bonds is 4. The van der Waals surface area contributed by atoms with E-state index < -0.39 is 0 Å². The summed E-state index contributed by atoms with van der Waals surface area (Å²) in [6, 6.07) is 71.5. The Morgan fingerprint density at radius 1 is 0.339 bits per heavy atom. The van der Waals surface area contributed by atoms with Crippen molar-refractivity contribution in [2.24, 2.45) is 0 Å². The summed E-state index contributed by atoms with van der Waals surface area (Å²) >= 11 is 0.234. The molecule has 2 aromatic heterocycles. The Hall–Kier alpha value is -6.70. The van der Waals surface area contributed by atoms with Gasteiger partial charge in [0.05, 0.1) is 0 Å². The molecule has 294 valence electrons. The van der Waals surface area contributed by atoms with Gasteiger partial charge in [0.25, 0.3) is 0 Å². The predicted octanol–water partition coefficient (Wildman–Crippen LogP) is 15.8. The first-order valence-corrected chi connectivity index (χ1v) is 23.5. The average Bonchev–Trinajstić information content (AvgIpc) is 3.99. The SMILES string of the molecule is CC1(C)c2ccccc2-c2ccc(-c3cc(-c4ccc5c(c4)c4ccccc4n5-c4ccc5c(c4)C(C)(C)c4ccccc4-5)cc(-c4cccc5c4[se]c4ccccc45)c3)cc21. The first-order valence-electron chi connectivity index (χ1n) is 21.8. The normalized spacial score (nSPS) is 14.4. The molecule has 0 saturated carbocycles. The zero-order valence-electron chi connectivity index (χ0n) is 35.3. The Kier molecular flexibility index (Phi) is 7.50.